The molecule has 1 rings (SSSR count). The summed E-state index contributed by atoms with van der Waals surface area (Å²) in [5, 5.41) is 7.70. The van der Waals surface area contributed by atoms with Gasteiger partial charge in [0.2, 0.25) is 0 Å². The van der Waals surface area contributed by atoms with Crippen molar-refractivity contribution >= 4 is 17.7 Å². The van der Waals surface area contributed by atoms with Gasteiger partial charge in [-0.2, -0.15) is 0 Å². The molecule has 1 aromatic rings. The second kappa shape index (κ2) is 6.75. The Morgan fingerprint density at radius 2 is 2.11 bits per heavy atom. The zero-order valence-corrected chi connectivity index (χ0v) is 11.9. The Balaban J connectivity index is 2.33. The molecule has 0 unspecified atom stereocenters. The van der Waals surface area contributed by atoms with Crippen molar-refractivity contribution in [1.29, 1.82) is 0 Å². The molecule has 0 aliphatic heterocycles. The van der Waals surface area contributed by atoms with Crippen LogP contribution in [-0.2, 0) is 9.47 Å². The third-order valence-electron chi connectivity index (χ3n) is 1.70. The van der Waals surface area contributed by atoms with Crippen molar-refractivity contribution in [2.75, 3.05) is 19.0 Å². The van der Waals surface area contributed by atoms with E-state index in [0.29, 0.717) is 17.6 Å². The molecular weight excluding hydrogens is 256 g/mol. The Hall–Kier alpha value is -1.08. The van der Waals surface area contributed by atoms with Crippen LogP contribution in [0.2, 0.25) is 0 Å². The maximum atomic E-state index is 11.3. The molecule has 7 heteroatoms. The van der Waals surface area contributed by atoms with Gasteiger partial charge in [0.1, 0.15) is 0 Å². The summed E-state index contributed by atoms with van der Waals surface area (Å²) in [7, 11) is 0. The Morgan fingerprint density at radius 3 is 2.72 bits per heavy atom. The highest BCUT2D eigenvalue weighted by molar-refractivity contribution is 7.99. The first kappa shape index (κ1) is 15.0. The third kappa shape index (κ3) is 5.50. The quantitative estimate of drug-likeness (QED) is 0.447. The van der Waals surface area contributed by atoms with Gasteiger partial charge in [-0.15, -0.1) is 5.10 Å². The first-order valence-electron chi connectivity index (χ1n) is 5.70. The molecule has 0 aliphatic carbocycles. The fourth-order valence-corrected chi connectivity index (χ4v) is 1.60. The lowest BCUT2D eigenvalue weighted by atomic mass is 10.2. The van der Waals surface area contributed by atoms with Crippen LogP contribution in [0.1, 0.15) is 38.4 Å². The number of aromatic nitrogens is 2. The summed E-state index contributed by atoms with van der Waals surface area (Å²) >= 11 is 1.34. The zero-order chi connectivity index (χ0) is 13.6. The van der Waals surface area contributed by atoms with Crippen molar-refractivity contribution in [3.05, 3.63) is 5.89 Å². The lowest BCUT2D eigenvalue weighted by Crippen LogP contribution is -2.20. The van der Waals surface area contributed by atoms with Crippen LogP contribution in [0.5, 0.6) is 0 Å². The highest BCUT2D eigenvalue weighted by Crippen LogP contribution is 2.17. The van der Waals surface area contributed by atoms with Gasteiger partial charge in [-0.3, -0.25) is 0 Å². The van der Waals surface area contributed by atoms with E-state index in [9.17, 15) is 4.79 Å². The number of hydrogen-bond acceptors (Lipinski definition) is 7. The molecule has 0 bridgehead atoms. The molecule has 0 saturated heterocycles. The Labute approximate surface area is 110 Å². The normalized spacial score (nSPS) is 11.6. The van der Waals surface area contributed by atoms with Gasteiger partial charge in [0.15, 0.2) is 0 Å². The topological polar surface area (TPSA) is 74.5 Å². The van der Waals surface area contributed by atoms with Crippen LogP contribution in [-0.4, -0.2) is 40.7 Å². The molecule has 0 amide bonds. The fourth-order valence-electron chi connectivity index (χ4n) is 1.02. The van der Waals surface area contributed by atoms with Crippen LogP contribution in [0, 0.1) is 0 Å². The largest absolute Gasteiger partial charge is 0.459 e. The van der Waals surface area contributed by atoms with Gasteiger partial charge in [0.25, 0.3) is 5.22 Å². The maximum Gasteiger partial charge on any atom is 0.396 e. The minimum atomic E-state index is -0.595. The molecule has 0 N–H and O–H groups in total. The second-order valence-corrected chi connectivity index (χ2v) is 5.45. The molecule has 0 aromatic carbocycles. The third-order valence-corrected chi connectivity index (χ3v) is 2.48. The Bertz CT molecular complexity index is 387. The van der Waals surface area contributed by atoms with Gasteiger partial charge >= 0.3 is 11.9 Å². The number of ether oxygens (including phenoxy) is 2. The maximum absolute atomic E-state index is 11.3. The number of hydrogen-bond donors (Lipinski definition) is 0. The van der Waals surface area contributed by atoms with E-state index in [4.69, 9.17) is 13.9 Å². The van der Waals surface area contributed by atoms with E-state index in [2.05, 4.69) is 10.2 Å². The average molecular weight is 274 g/mol. The second-order valence-electron chi connectivity index (χ2n) is 4.40. The van der Waals surface area contributed by atoms with Gasteiger partial charge in [-0.05, 0) is 27.7 Å². The molecule has 1 aromatic heterocycles. The van der Waals surface area contributed by atoms with Crippen molar-refractivity contribution < 1.29 is 18.7 Å². The van der Waals surface area contributed by atoms with Crippen LogP contribution < -0.4 is 0 Å². The van der Waals surface area contributed by atoms with Crippen LogP contribution in [0.15, 0.2) is 9.64 Å². The van der Waals surface area contributed by atoms with Gasteiger partial charge in [-0.1, -0.05) is 16.9 Å². The highest BCUT2D eigenvalue weighted by atomic mass is 32.2. The van der Waals surface area contributed by atoms with Crippen molar-refractivity contribution in [2.45, 2.75) is 38.5 Å². The van der Waals surface area contributed by atoms with Gasteiger partial charge in [0.05, 0.1) is 18.8 Å². The van der Waals surface area contributed by atoms with Gasteiger partial charge < -0.3 is 13.9 Å². The summed E-state index contributed by atoms with van der Waals surface area (Å²) in [6, 6.07) is 0. The van der Waals surface area contributed by atoms with E-state index >= 15 is 0 Å². The molecular formula is C11H18N2O4S. The first-order valence-corrected chi connectivity index (χ1v) is 6.68. The molecule has 18 heavy (non-hydrogen) atoms. The minimum absolute atomic E-state index is 0.115. The van der Waals surface area contributed by atoms with E-state index in [1.54, 1.807) is 6.92 Å². The summed E-state index contributed by atoms with van der Waals surface area (Å²) in [4.78, 5) is 11.3. The molecule has 102 valence electrons. The highest BCUT2D eigenvalue weighted by Gasteiger charge is 2.16. The number of nitrogens with zero attached hydrogens (tertiary/aromatic N) is 2. The monoisotopic (exact) mass is 274 g/mol. The number of rotatable bonds is 6. The van der Waals surface area contributed by atoms with E-state index in [0.717, 1.165) is 0 Å². The summed E-state index contributed by atoms with van der Waals surface area (Å²) in [6.07, 6.45) is 0. The number of carbonyl (C=O) groups is 1. The Kier molecular flexibility index (Phi) is 5.61. The molecule has 6 nitrogen and oxygen atoms in total. The molecule has 0 spiro atoms. The van der Waals surface area contributed by atoms with E-state index in [1.165, 1.54) is 11.8 Å². The number of thioether (sulfide) groups is 1. The van der Waals surface area contributed by atoms with Crippen LogP contribution in [0.25, 0.3) is 0 Å². The van der Waals surface area contributed by atoms with E-state index < -0.39 is 5.97 Å². The molecule has 0 atom stereocenters. The van der Waals surface area contributed by atoms with Crippen molar-refractivity contribution in [1.82, 2.24) is 10.2 Å². The standard InChI is InChI=1S/C11H18N2O4S/c1-5-15-9(14)8-12-13-10(17-8)18-7-6-16-11(2,3)4/h5-7H2,1-4H3. The Morgan fingerprint density at radius 1 is 1.39 bits per heavy atom. The summed E-state index contributed by atoms with van der Waals surface area (Å²) in [6.45, 7) is 8.54. The van der Waals surface area contributed by atoms with Crippen molar-refractivity contribution in [2.24, 2.45) is 0 Å². The molecule has 0 aliphatic rings. The summed E-state index contributed by atoms with van der Waals surface area (Å²) in [5.74, 6) is -0.0271. The molecule has 0 saturated carbocycles. The number of esters is 1. The first-order chi connectivity index (χ1) is 8.42. The van der Waals surface area contributed by atoms with Gasteiger partial charge in [-0.25, -0.2) is 4.79 Å². The smallest absolute Gasteiger partial charge is 0.396 e. The average Bonchev–Trinajstić information content (AvgIpc) is 2.72. The predicted molar refractivity (Wildman–Crippen MR) is 66.7 cm³/mol. The summed E-state index contributed by atoms with van der Waals surface area (Å²) < 4.78 is 15.4. The van der Waals surface area contributed by atoms with Crippen LogP contribution in [0.3, 0.4) is 0 Å². The van der Waals surface area contributed by atoms with Crippen molar-refractivity contribution in [3.8, 4) is 0 Å². The lowest BCUT2D eigenvalue weighted by Gasteiger charge is -2.18. The van der Waals surface area contributed by atoms with E-state index in [-0.39, 0.29) is 18.1 Å². The minimum Gasteiger partial charge on any atom is -0.459 e. The number of carbonyl (C=O) groups excluding carboxylic acids is 1. The predicted octanol–water partition coefficient (Wildman–Crippen LogP) is 2.15. The zero-order valence-electron chi connectivity index (χ0n) is 11.1. The molecule has 0 fully saturated rings. The fraction of sp³-hybridized carbons (Fsp3) is 0.727. The van der Waals surface area contributed by atoms with Crippen molar-refractivity contribution in [3.63, 3.8) is 0 Å². The van der Waals surface area contributed by atoms with Crippen LogP contribution in [0.4, 0.5) is 0 Å². The van der Waals surface area contributed by atoms with Gasteiger partial charge in [0, 0.05) is 5.75 Å². The molecule has 1 heterocycles. The summed E-state index contributed by atoms with van der Waals surface area (Å²) in [5.41, 5.74) is -0.161. The van der Waals surface area contributed by atoms with Crippen LogP contribution >= 0.6 is 11.8 Å². The molecule has 0 radical (unpaired) electrons. The SMILES string of the molecule is CCOC(=O)c1nnc(SCCOC(C)(C)C)o1. The van der Waals surface area contributed by atoms with E-state index in [1.807, 2.05) is 20.8 Å². The lowest BCUT2D eigenvalue weighted by molar-refractivity contribution is 0.00689.